The molecule has 130 valence electrons. The fourth-order valence-electron chi connectivity index (χ4n) is 3.30. The van der Waals surface area contributed by atoms with Crippen molar-refractivity contribution in [2.75, 3.05) is 20.2 Å². The number of methoxy groups -OCH3 is 1. The van der Waals surface area contributed by atoms with E-state index >= 15 is 0 Å². The lowest BCUT2D eigenvalue weighted by Gasteiger charge is -2.13. The fourth-order valence-corrected chi connectivity index (χ4v) is 3.85. The van der Waals surface area contributed by atoms with Crippen molar-refractivity contribution in [1.29, 1.82) is 0 Å². The molecule has 1 aliphatic heterocycles. The first kappa shape index (κ1) is 16.3. The molecule has 6 heteroatoms. The van der Waals surface area contributed by atoms with Crippen LogP contribution in [0.5, 0.6) is 5.75 Å². The summed E-state index contributed by atoms with van der Waals surface area (Å²) in [6.45, 7) is 2.96. The Kier molecular flexibility index (Phi) is 4.81. The Labute approximate surface area is 151 Å². The predicted molar refractivity (Wildman–Crippen MR) is 97.1 cm³/mol. The highest BCUT2D eigenvalue weighted by molar-refractivity contribution is 7.07. The van der Waals surface area contributed by atoms with E-state index in [0.717, 1.165) is 55.6 Å². The lowest BCUT2D eigenvalue weighted by Crippen LogP contribution is -2.19. The van der Waals surface area contributed by atoms with Crippen LogP contribution in [0.4, 0.5) is 0 Å². The average Bonchev–Trinajstić information content (AvgIpc) is 3.37. The monoisotopic (exact) mass is 355 g/mol. The number of ether oxygens (including phenoxy) is 1. The Bertz CT molecular complexity index is 816. The van der Waals surface area contributed by atoms with Crippen molar-refractivity contribution in [2.24, 2.45) is 0 Å². The van der Waals surface area contributed by atoms with Crippen LogP contribution < -0.4 is 4.74 Å². The number of rotatable bonds is 6. The van der Waals surface area contributed by atoms with Crippen LogP contribution in [-0.4, -0.2) is 35.1 Å². The smallest absolute Gasteiger partial charge is 0.198 e. The zero-order valence-electron chi connectivity index (χ0n) is 14.2. The Morgan fingerprint density at radius 2 is 2.32 bits per heavy atom. The number of hydrogen-bond donors (Lipinski definition) is 0. The molecule has 0 unspecified atom stereocenters. The second-order valence-electron chi connectivity index (χ2n) is 6.39. The van der Waals surface area contributed by atoms with Gasteiger partial charge in [0.2, 0.25) is 0 Å². The highest BCUT2D eigenvalue weighted by atomic mass is 32.1. The molecule has 0 spiro atoms. The number of benzene rings is 1. The molecule has 0 saturated carbocycles. The van der Waals surface area contributed by atoms with Gasteiger partial charge in [-0.2, -0.15) is 0 Å². The van der Waals surface area contributed by atoms with Crippen molar-refractivity contribution < 1.29 is 9.15 Å². The number of thiazole rings is 1. The van der Waals surface area contributed by atoms with Gasteiger partial charge in [-0.25, -0.2) is 9.97 Å². The lowest BCUT2D eigenvalue weighted by atomic mass is 10.1. The third-order valence-electron chi connectivity index (χ3n) is 4.57. The van der Waals surface area contributed by atoms with Gasteiger partial charge in [-0.05, 0) is 30.7 Å². The summed E-state index contributed by atoms with van der Waals surface area (Å²) in [5.74, 6) is 3.00. The third-order valence-corrected chi connectivity index (χ3v) is 5.21. The van der Waals surface area contributed by atoms with E-state index < -0.39 is 0 Å². The minimum atomic E-state index is 0.373. The molecule has 0 radical (unpaired) electrons. The summed E-state index contributed by atoms with van der Waals surface area (Å²) in [5.41, 5.74) is 4.21. The Morgan fingerprint density at radius 3 is 3.16 bits per heavy atom. The molecule has 25 heavy (non-hydrogen) atoms. The molecule has 3 aromatic rings. The molecular weight excluding hydrogens is 334 g/mol. The van der Waals surface area contributed by atoms with E-state index in [4.69, 9.17) is 9.15 Å². The van der Waals surface area contributed by atoms with Crippen LogP contribution in [0.2, 0.25) is 0 Å². The molecule has 4 rings (SSSR count). The van der Waals surface area contributed by atoms with E-state index in [1.165, 1.54) is 5.56 Å². The van der Waals surface area contributed by atoms with Crippen LogP contribution >= 0.6 is 11.3 Å². The van der Waals surface area contributed by atoms with Gasteiger partial charge in [0.1, 0.15) is 11.5 Å². The van der Waals surface area contributed by atoms with Gasteiger partial charge in [-0.15, -0.1) is 11.3 Å². The highest BCUT2D eigenvalue weighted by Gasteiger charge is 2.27. The molecule has 1 atom stereocenters. The molecule has 0 amide bonds. The maximum Gasteiger partial charge on any atom is 0.198 e. The maximum atomic E-state index is 6.04. The minimum absolute atomic E-state index is 0.373. The van der Waals surface area contributed by atoms with Gasteiger partial charge in [0.05, 0.1) is 24.5 Å². The van der Waals surface area contributed by atoms with Gasteiger partial charge in [-0.1, -0.05) is 12.1 Å². The Morgan fingerprint density at radius 1 is 1.36 bits per heavy atom. The first-order valence-corrected chi connectivity index (χ1v) is 9.41. The van der Waals surface area contributed by atoms with Crippen LogP contribution in [-0.2, 0) is 13.0 Å². The van der Waals surface area contributed by atoms with Gasteiger partial charge in [0.25, 0.3) is 0 Å². The van der Waals surface area contributed by atoms with E-state index in [0.29, 0.717) is 5.92 Å². The van der Waals surface area contributed by atoms with Crippen LogP contribution in [0, 0.1) is 0 Å². The summed E-state index contributed by atoms with van der Waals surface area (Å²) in [7, 11) is 1.68. The van der Waals surface area contributed by atoms with E-state index in [-0.39, 0.29) is 0 Å². The van der Waals surface area contributed by atoms with E-state index in [2.05, 4.69) is 26.3 Å². The largest absolute Gasteiger partial charge is 0.497 e. The fraction of sp³-hybridized carbons (Fsp3) is 0.368. The Hall–Kier alpha value is -2.18. The standard InChI is InChI=1S/C19H21N3O2S/c1-23-17-4-2-3-14(7-17)8-18-9-20-19(24-18)15-5-6-22(10-15)11-16-12-25-13-21-16/h2-4,7,9,12-13,15H,5-6,8,10-11H2,1H3/t15-/m1/s1. The third kappa shape index (κ3) is 3.91. The predicted octanol–water partition coefficient (Wildman–Crippen LogP) is 3.72. The van der Waals surface area contributed by atoms with Crippen LogP contribution in [0.1, 0.15) is 35.2 Å². The van der Waals surface area contributed by atoms with Crippen LogP contribution in [0.3, 0.4) is 0 Å². The zero-order chi connectivity index (χ0) is 17.1. The maximum absolute atomic E-state index is 6.04. The zero-order valence-corrected chi connectivity index (χ0v) is 15.0. The van der Waals surface area contributed by atoms with Crippen molar-refractivity contribution in [3.63, 3.8) is 0 Å². The lowest BCUT2D eigenvalue weighted by molar-refractivity contribution is 0.315. The molecule has 1 aromatic carbocycles. The molecule has 0 aliphatic carbocycles. The molecular formula is C19H21N3O2S. The van der Waals surface area contributed by atoms with E-state index in [1.807, 2.05) is 29.9 Å². The van der Waals surface area contributed by atoms with Gasteiger partial charge >= 0.3 is 0 Å². The summed E-state index contributed by atoms with van der Waals surface area (Å²) >= 11 is 1.65. The van der Waals surface area contributed by atoms with Gasteiger partial charge < -0.3 is 9.15 Å². The number of oxazole rings is 1. The molecule has 3 heterocycles. The molecule has 2 aromatic heterocycles. The molecule has 1 aliphatic rings. The molecule has 1 fully saturated rings. The number of likely N-dealkylation sites (tertiary alicyclic amines) is 1. The van der Waals surface area contributed by atoms with Crippen LogP contribution in [0.25, 0.3) is 0 Å². The number of hydrogen-bond acceptors (Lipinski definition) is 6. The summed E-state index contributed by atoms with van der Waals surface area (Å²) in [4.78, 5) is 11.3. The summed E-state index contributed by atoms with van der Waals surface area (Å²) < 4.78 is 11.3. The van der Waals surface area contributed by atoms with Crippen LogP contribution in [0.15, 0.2) is 45.8 Å². The highest BCUT2D eigenvalue weighted by Crippen LogP contribution is 2.28. The van der Waals surface area contributed by atoms with E-state index in [1.54, 1.807) is 18.4 Å². The Balaban J connectivity index is 1.38. The van der Waals surface area contributed by atoms with Crippen molar-refractivity contribution >= 4 is 11.3 Å². The summed E-state index contributed by atoms with van der Waals surface area (Å²) in [5, 5.41) is 2.12. The quantitative estimate of drug-likeness (QED) is 0.674. The van der Waals surface area contributed by atoms with Gasteiger partial charge in [0.15, 0.2) is 5.89 Å². The van der Waals surface area contributed by atoms with E-state index in [9.17, 15) is 0 Å². The normalized spacial score (nSPS) is 17.9. The van der Waals surface area contributed by atoms with Gasteiger partial charge in [-0.3, -0.25) is 4.90 Å². The number of aromatic nitrogens is 2. The molecule has 5 nitrogen and oxygen atoms in total. The number of nitrogens with zero attached hydrogens (tertiary/aromatic N) is 3. The average molecular weight is 355 g/mol. The first-order chi connectivity index (χ1) is 12.3. The first-order valence-electron chi connectivity index (χ1n) is 8.47. The molecule has 0 bridgehead atoms. The van der Waals surface area contributed by atoms with Crippen molar-refractivity contribution in [3.05, 3.63) is 64.3 Å². The molecule has 0 N–H and O–H groups in total. The summed E-state index contributed by atoms with van der Waals surface area (Å²) in [6, 6.07) is 8.06. The van der Waals surface area contributed by atoms with Crippen molar-refractivity contribution in [3.8, 4) is 5.75 Å². The minimum Gasteiger partial charge on any atom is -0.497 e. The second-order valence-corrected chi connectivity index (χ2v) is 7.11. The topological polar surface area (TPSA) is 51.4 Å². The molecule has 1 saturated heterocycles. The SMILES string of the molecule is COc1cccc(Cc2cnc([C@@H]3CCN(Cc4cscn4)C3)o2)c1. The van der Waals surface area contributed by atoms with Crippen molar-refractivity contribution in [2.45, 2.75) is 25.3 Å². The summed E-state index contributed by atoms with van der Waals surface area (Å²) in [6.07, 6.45) is 3.68. The second kappa shape index (κ2) is 7.37. The van der Waals surface area contributed by atoms with Gasteiger partial charge in [0, 0.05) is 30.8 Å². The van der Waals surface area contributed by atoms with Crippen molar-refractivity contribution in [1.82, 2.24) is 14.9 Å².